The lowest BCUT2D eigenvalue weighted by molar-refractivity contribution is -0.142. The second-order valence-corrected chi connectivity index (χ2v) is 8.08. The van der Waals surface area contributed by atoms with E-state index in [-0.39, 0.29) is 24.2 Å². The number of benzene rings is 2. The minimum atomic E-state index is -1.01. The fourth-order valence-corrected chi connectivity index (χ4v) is 4.41. The van der Waals surface area contributed by atoms with Gasteiger partial charge in [0.05, 0.1) is 5.75 Å². The third kappa shape index (κ3) is 4.00. The van der Waals surface area contributed by atoms with Gasteiger partial charge in [-0.1, -0.05) is 30.3 Å². The van der Waals surface area contributed by atoms with E-state index in [9.17, 15) is 14.0 Å². The van der Waals surface area contributed by atoms with Gasteiger partial charge in [-0.15, -0.1) is 11.8 Å². The molecule has 27 heavy (non-hydrogen) atoms. The van der Waals surface area contributed by atoms with Crippen LogP contribution in [0.2, 0.25) is 0 Å². The Hall–Kier alpha value is -2.34. The third-order valence-electron chi connectivity index (χ3n) is 4.94. The van der Waals surface area contributed by atoms with Gasteiger partial charge in [0.15, 0.2) is 0 Å². The van der Waals surface area contributed by atoms with Crippen LogP contribution in [0.3, 0.4) is 0 Å². The SMILES string of the molecule is Cc1cccc(C)c1NC(=O)C1(C)CSCC(=O)N1Cc1cccc(F)c1. The maximum absolute atomic E-state index is 13.6. The van der Waals surface area contributed by atoms with Gasteiger partial charge in [0.2, 0.25) is 5.91 Å². The predicted octanol–water partition coefficient (Wildman–Crippen LogP) is 3.92. The van der Waals surface area contributed by atoms with Crippen LogP contribution in [0.5, 0.6) is 0 Å². The lowest BCUT2D eigenvalue weighted by Crippen LogP contribution is -2.61. The van der Waals surface area contributed by atoms with Gasteiger partial charge in [-0.3, -0.25) is 9.59 Å². The zero-order valence-electron chi connectivity index (χ0n) is 15.7. The number of amides is 2. The molecular formula is C21H23FN2O2S. The summed E-state index contributed by atoms with van der Waals surface area (Å²) < 4.78 is 13.6. The highest BCUT2D eigenvalue weighted by Crippen LogP contribution is 2.31. The molecule has 0 bridgehead atoms. The maximum atomic E-state index is 13.6. The average Bonchev–Trinajstić information content (AvgIpc) is 2.61. The van der Waals surface area contributed by atoms with Gasteiger partial charge in [0.1, 0.15) is 11.4 Å². The summed E-state index contributed by atoms with van der Waals surface area (Å²) in [6.07, 6.45) is 0. The standard InChI is InChI=1S/C21H23FN2O2S/c1-14-6-4-7-15(2)19(14)23-20(26)21(3)13-27-12-18(25)24(21)11-16-8-5-9-17(22)10-16/h4-10H,11-13H2,1-3H3,(H,23,26). The number of hydrogen-bond acceptors (Lipinski definition) is 3. The minimum Gasteiger partial charge on any atom is -0.324 e. The van der Waals surface area contributed by atoms with Crippen molar-refractivity contribution in [2.24, 2.45) is 0 Å². The lowest BCUT2D eigenvalue weighted by Gasteiger charge is -2.43. The van der Waals surface area contributed by atoms with Gasteiger partial charge < -0.3 is 10.2 Å². The van der Waals surface area contributed by atoms with Crippen molar-refractivity contribution in [2.45, 2.75) is 32.9 Å². The molecule has 0 radical (unpaired) electrons. The summed E-state index contributed by atoms with van der Waals surface area (Å²) in [6.45, 7) is 5.86. The molecule has 1 saturated heterocycles. The number of para-hydroxylation sites is 1. The molecule has 1 heterocycles. The van der Waals surface area contributed by atoms with Crippen LogP contribution < -0.4 is 5.32 Å². The lowest BCUT2D eigenvalue weighted by atomic mass is 9.98. The molecule has 3 rings (SSSR count). The molecule has 6 heteroatoms. The van der Waals surface area contributed by atoms with Crippen LogP contribution in [0.4, 0.5) is 10.1 Å². The summed E-state index contributed by atoms with van der Waals surface area (Å²) >= 11 is 1.45. The van der Waals surface area contributed by atoms with E-state index < -0.39 is 5.54 Å². The first kappa shape index (κ1) is 19.4. The number of halogens is 1. The molecule has 0 aromatic heterocycles. The monoisotopic (exact) mass is 386 g/mol. The Morgan fingerprint density at radius 3 is 2.56 bits per heavy atom. The molecule has 1 fully saturated rings. The number of thioether (sulfide) groups is 1. The summed E-state index contributed by atoms with van der Waals surface area (Å²) in [5, 5.41) is 3.02. The van der Waals surface area contributed by atoms with Gasteiger partial charge in [-0.2, -0.15) is 0 Å². The van der Waals surface area contributed by atoms with E-state index in [2.05, 4.69) is 5.32 Å². The molecule has 2 aromatic carbocycles. The van der Waals surface area contributed by atoms with Crippen molar-refractivity contribution in [3.63, 3.8) is 0 Å². The highest BCUT2D eigenvalue weighted by Gasteiger charge is 2.45. The van der Waals surface area contributed by atoms with Gasteiger partial charge in [-0.05, 0) is 49.6 Å². The quantitative estimate of drug-likeness (QED) is 0.867. The summed E-state index contributed by atoms with van der Waals surface area (Å²) in [7, 11) is 0. The minimum absolute atomic E-state index is 0.116. The molecule has 1 unspecified atom stereocenters. The molecule has 1 aliphatic heterocycles. The zero-order chi connectivity index (χ0) is 19.6. The van der Waals surface area contributed by atoms with E-state index in [0.717, 1.165) is 16.8 Å². The molecule has 0 aliphatic carbocycles. The van der Waals surface area contributed by atoms with Crippen LogP contribution in [0, 0.1) is 19.7 Å². The first-order valence-electron chi connectivity index (χ1n) is 8.81. The highest BCUT2D eigenvalue weighted by atomic mass is 32.2. The van der Waals surface area contributed by atoms with Gasteiger partial charge in [-0.25, -0.2) is 4.39 Å². The van der Waals surface area contributed by atoms with Crippen LogP contribution in [0.25, 0.3) is 0 Å². The third-order valence-corrected chi connectivity index (χ3v) is 6.16. The van der Waals surface area contributed by atoms with Crippen molar-refractivity contribution >= 4 is 29.3 Å². The maximum Gasteiger partial charge on any atom is 0.250 e. The Balaban J connectivity index is 1.89. The first-order chi connectivity index (χ1) is 12.8. The van der Waals surface area contributed by atoms with Crippen LogP contribution in [-0.2, 0) is 16.1 Å². The Kier molecular flexibility index (Phi) is 5.56. The van der Waals surface area contributed by atoms with Crippen LogP contribution in [0.15, 0.2) is 42.5 Å². The molecule has 0 spiro atoms. The highest BCUT2D eigenvalue weighted by molar-refractivity contribution is 8.00. The number of carbonyl (C=O) groups excluding carboxylic acids is 2. The second-order valence-electron chi connectivity index (χ2n) is 7.10. The number of rotatable bonds is 4. The van der Waals surface area contributed by atoms with Crippen molar-refractivity contribution in [3.05, 3.63) is 65.0 Å². The molecule has 2 amide bonds. The number of nitrogens with zero attached hydrogens (tertiary/aromatic N) is 1. The fraction of sp³-hybridized carbons (Fsp3) is 0.333. The van der Waals surface area contributed by atoms with E-state index in [1.165, 1.54) is 23.9 Å². The fourth-order valence-electron chi connectivity index (χ4n) is 3.30. The normalized spacial score (nSPS) is 19.9. The van der Waals surface area contributed by atoms with Crippen molar-refractivity contribution in [1.82, 2.24) is 4.90 Å². The van der Waals surface area contributed by atoms with Crippen molar-refractivity contribution in [3.8, 4) is 0 Å². The van der Waals surface area contributed by atoms with E-state index in [4.69, 9.17) is 0 Å². The number of anilines is 1. The number of carbonyl (C=O) groups is 2. The van der Waals surface area contributed by atoms with E-state index in [1.54, 1.807) is 24.0 Å². The van der Waals surface area contributed by atoms with Crippen LogP contribution in [0.1, 0.15) is 23.6 Å². The molecule has 4 nitrogen and oxygen atoms in total. The first-order valence-corrected chi connectivity index (χ1v) is 9.97. The van der Waals surface area contributed by atoms with Crippen molar-refractivity contribution in [1.29, 1.82) is 0 Å². The Morgan fingerprint density at radius 2 is 1.89 bits per heavy atom. The number of aryl methyl sites for hydroxylation is 2. The largest absolute Gasteiger partial charge is 0.324 e. The summed E-state index contributed by atoms with van der Waals surface area (Å²) in [5.74, 6) is 0.117. The van der Waals surface area contributed by atoms with E-state index in [0.29, 0.717) is 17.1 Å². The van der Waals surface area contributed by atoms with Crippen molar-refractivity contribution in [2.75, 3.05) is 16.8 Å². The van der Waals surface area contributed by atoms with E-state index >= 15 is 0 Å². The summed E-state index contributed by atoms with van der Waals surface area (Å²) in [4.78, 5) is 27.4. The molecule has 1 aliphatic rings. The van der Waals surface area contributed by atoms with Gasteiger partial charge >= 0.3 is 0 Å². The van der Waals surface area contributed by atoms with Crippen LogP contribution >= 0.6 is 11.8 Å². The zero-order valence-corrected chi connectivity index (χ0v) is 16.5. The summed E-state index contributed by atoms with van der Waals surface area (Å²) in [6, 6.07) is 12.0. The molecule has 0 saturated carbocycles. The molecule has 142 valence electrons. The molecule has 2 aromatic rings. The van der Waals surface area contributed by atoms with Crippen molar-refractivity contribution < 1.29 is 14.0 Å². The summed E-state index contributed by atoms with van der Waals surface area (Å²) in [5.41, 5.74) is 2.37. The molecular weight excluding hydrogens is 363 g/mol. The second kappa shape index (κ2) is 7.72. The van der Waals surface area contributed by atoms with Gasteiger partial charge in [0, 0.05) is 18.0 Å². The topological polar surface area (TPSA) is 49.4 Å². The molecule has 1 N–H and O–H groups in total. The average molecular weight is 386 g/mol. The predicted molar refractivity (Wildman–Crippen MR) is 107 cm³/mol. The van der Waals surface area contributed by atoms with E-state index in [1.807, 2.05) is 32.0 Å². The number of hydrogen-bond donors (Lipinski definition) is 1. The van der Waals surface area contributed by atoms with Crippen LogP contribution in [-0.4, -0.2) is 33.8 Å². The Labute approximate surface area is 163 Å². The Morgan fingerprint density at radius 1 is 1.22 bits per heavy atom. The molecule has 1 atom stereocenters. The number of nitrogens with one attached hydrogen (secondary N) is 1. The smallest absolute Gasteiger partial charge is 0.250 e. The Bertz CT molecular complexity index is 866. The van der Waals surface area contributed by atoms with Gasteiger partial charge in [0.25, 0.3) is 5.91 Å².